The molecule has 0 spiro atoms. The summed E-state index contributed by atoms with van der Waals surface area (Å²) in [5.74, 6) is 1.63. The normalized spacial score (nSPS) is 35.8. The molecule has 0 saturated heterocycles. The predicted octanol–water partition coefficient (Wildman–Crippen LogP) is 2.97. The average Bonchev–Trinajstić information content (AvgIpc) is 2.05. The predicted molar refractivity (Wildman–Crippen MR) is 56.6 cm³/mol. The van der Waals surface area contributed by atoms with Crippen molar-refractivity contribution < 1.29 is 0 Å². The molecule has 0 aromatic heterocycles. The van der Waals surface area contributed by atoms with E-state index in [1.54, 1.807) is 0 Å². The van der Waals surface area contributed by atoms with Gasteiger partial charge in [0.25, 0.3) is 0 Å². The van der Waals surface area contributed by atoms with Gasteiger partial charge in [0.15, 0.2) is 0 Å². The Balaban J connectivity index is 0.00000121. The van der Waals surface area contributed by atoms with E-state index in [0.29, 0.717) is 6.04 Å². The highest BCUT2D eigenvalue weighted by atomic mass is 35.5. The van der Waals surface area contributed by atoms with Gasteiger partial charge in [-0.3, -0.25) is 0 Å². The summed E-state index contributed by atoms with van der Waals surface area (Å²) in [5.41, 5.74) is 6.14. The minimum Gasteiger partial charge on any atom is -0.327 e. The first-order valence-corrected chi connectivity index (χ1v) is 5.05. The van der Waals surface area contributed by atoms with Crippen molar-refractivity contribution in [1.29, 1.82) is 0 Å². The first kappa shape index (κ1) is 12.2. The molecule has 0 bridgehead atoms. The average molecular weight is 192 g/mol. The van der Waals surface area contributed by atoms with E-state index in [1.165, 1.54) is 32.1 Å². The lowest BCUT2D eigenvalue weighted by molar-refractivity contribution is 0.210. The third-order valence-electron chi connectivity index (χ3n) is 3.29. The number of nitrogens with two attached hydrogens (primary N) is 1. The molecule has 1 nitrogen and oxygen atoms in total. The molecular weight excluding hydrogens is 170 g/mol. The van der Waals surface area contributed by atoms with Crippen molar-refractivity contribution in [2.45, 2.75) is 52.0 Å². The van der Waals surface area contributed by atoms with Gasteiger partial charge in [-0.05, 0) is 24.7 Å². The van der Waals surface area contributed by atoms with Gasteiger partial charge in [0.05, 0.1) is 0 Å². The van der Waals surface area contributed by atoms with Crippen LogP contribution in [0.15, 0.2) is 0 Å². The van der Waals surface area contributed by atoms with Gasteiger partial charge in [-0.1, -0.05) is 33.1 Å². The van der Waals surface area contributed by atoms with Gasteiger partial charge >= 0.3 is 0 Å². The molecule has 1 saturated carbocycles. The molecule has 0 amide bonds. The van der Waals surface area contributed by atoms with Gasteiger partial charge in [-0.2, -0.15) is 0 Å². The van der Waals surface area contributed by atoms with Crippen LogP contribution < -0.4 is 5.73 Å². The van der Waals surface area contributed by atoms with Crippen LogP contribution in [-0.4, -0.2) is 6.04 Å². The van der Waals surface area contributed by atoms with Crippen LogP contribution >= 0.6 is 12.4 Å². The Kier molecular flexibility index (Phi) is 5.94. The molecule has 0 aromatic rings. The van der Waals surface area contributed by atoms with Gasteiger partial charge in [0, 0.05) is 6.04 Å². The van der Waals surface area contributed by atoms with Crippen LogP contribution in [0.3, 0.4) is 0 Å². The molecule has 2 N–H and O–H groups in total. The molecule has 12 heavy (non-hydrogen) atoms. The maximum atomic E-state index is 6.14. The zero-order chi connectivity index (χ0) is 8.27. The second-order valence-electron chi connectivity index (χ2n) is 3.84. The smallest absolute Gasteiger partial charge is 0.00954 e. The fourth-order valence-electron chi connectivity index (χ4n) is 2.36. The van der Waals surface area contributed by atoms with Crippen molar-refractivity contribution in [2.75, 3.05) is 0 Å². The minimum absolute atomic E-state index is 0. The van der Waals surface area contributed by atoms with Crippen LogP contribution in [0.1, 0.15) is 46.0 Å². The summed E-state index contributed by atoms with van der Waals surface area (Å²) < 4.78 is 0. The fraction of sp³-hybridized carbons (Fsp3) is 1.00. The zero-order valence-electron chi connectivity index (χ0n) is 8.25. The topological polar surface area (TPSA) is 26.0 Å². The monoisotopic (exact) mass is 191 g/mol. The Morgan fingerprint density at radius 3 is 1.83 bits per heavy atom. The second-order valence-corrected chi connectivity index (χ2v) is 3.84. The van der Waals surface area contributed by atoms with Crippen LogP contribution in [0.25, 0.3) is 0 Å². The summed E-state index contributed by atoms with van der Waals surface area (Å²) in [5, 5.41) is 0. The fourth-order valence-corrected chi connectivity index (χ4v) is 2.36. The number of hydrogen-bond donors (Lipinski definition) is 1. The summed E-state index contributed by atoms with van der Waals surface area (Å²) >= 11 is 0. The Morgan fingerprint density at radius 1 is 1.08 bits per heavy atom. The summed E-state index contributed by atoms with van der Waals surface area (Å²) in [4.78, 5) is 0. The van der Waals surface area contributed by atoms with E-state index < -0.39 is 0 Å². The Labute approximate surface area is 82.5 Å². The molecule has 1 rings (SSSR count). The Hall–Kier alpha value is 0.250. The summed E-state index contributed by atoms with van der Waals surface area (Å²) in [6, 6.07) is 0.499. The lowest BCUT2D eigenvalue weighted by Crippen LogP contribution is -2.40. The SMILES string of the molecule is CC[C@@H]1CCC[C@H](CC)[C@@H]1N.Cl. The standard InChI is InChI=1S/C10H21N.ClH/c1-3-8-6-5-7-9(4-2)10(8)11;/h8-10H,3-7,11H2,1-2H3;1H/t8-,9+,10-;. The summed E-state index contributed by atoms with van der Waals surface area (Å²) in [6.45, 7) is 4.53. The van der Waals surface area contributed by atoms with E-state index in [1.807, 2.05) is 0 Å². The first-order valence-electron chi connectivity index (χ1n) is 5.05. The van der Waals surface area contributed by atoms with Crippen molar-refractivity contribution in [3.8, 4) is 0 Å². The molecule has 3 atom stereocenters. The van der Waals surface area contributed by atoms with Gasteiger partial charge in [-0.15, -0.1) is 12.4 Å². The van der Waals surface area contributed by atoms with Gasteiger partial charge < -0.3 is 5.73 Å². The van der Waals surface area contributed by atoms with E-state index in [9.17, 15) is 0 Å². The molecule has 0 aliphatic heterocycles. The second kappa shape index (κ2) is 5.82. The molecule has 1 aliphatic carbocycles. The highest BCUT2D eigenvalue weighted by Crippen LogP contribution is 2.31. The van der Waals surface area contributed by atoms with E-state index in [4.69, 9.17) is 5.73 Å². The molecule has 2 heteroatoms. The molecular formula is C10H22ClN. The van der Waals surface area contributed by atoms with Crippen LogP contribution in [0.4, 0.5) is 0 Å². The van der Waals surface area contributed by atoms with E-state index in [0.717, 1.165) is 11.8 Å². The largest absolute Gasteiger partial charge is 0.327 e. The first-order chi connectivity index (χ1) is 5.29. The molecule has 0 aromatic carbocycles. The molecule has 0 radical (unpaired) electrons. The highest BCUT2D eigenvalue weighted by Gasteiger charge is 2.27. The van der Waals surface area contributed by atoms with Crippen molar-refractivity contribution in [2.24, 2.45) is 17.6 Å². The third kappa shape index (κ3) is 2.63. The maximum absolute atomic E-state index is 6.14. The van der Waals surface area contributed by atoms with Gasteiger partial charge in [0.2, 0.25) is 0 Å². The Bertz CT molecular complexity index is 104. The molecule has 74 valence electrons. The molecule has 0 unspecified atom stereocenters. The highest BCUT2D eigenvalue weighted by molar-refractivity contribution is 5.85. The summed E-state index contributed by atoms with van der Waals surface area (Å²) in [7, 11) is 0. The maximum Gasteiger partial charge on any atom is 0.00954 e. The van der Waals surface area contributed by atoms with Crippen molar-refractivity contribution in [3.63, 3.8) is 0 Å². The third-order valence-corrected chi connectivity index (χ3v) is 3.29. The zero-order valence-corrected chi connectivity index (χ0v) is 9.07. The van der Waals surface area contributed by atoms with Gasteiger partial charge in [-0.25, -0.2) is 0 Å². The Morgan fingerprint density at radius 2 is 1.50 bits per heavy atom. The number of rotatable bonds is 2. The van der Waals surface area contributed by atoms with Crippen LogP contribution in [0, 0.1) is 11.8 Å². The van der Waals surface area contributed by atoms with Crippen molar-refractivity contribution >= 4 is 12.4 Å². The van der Waals surface area contributed by atoms with Gasteiger partial charge in [0.1, 0.15) is 0 Å². The molecule has 1 fully saturated rings. The summed E-state index contributed by atoms with van der Waals surface area (Å²) in [6.07, 6.45) is 6.70. The molecule has 0 heterocycles. The lowest BCUT2D eigenvalue weighted by atomic mass is 9.75. The quantitative estimate of drug-likeness (QED) is 0.714. The number of halogens is 1. The van der Waals surface area contributed by atoms with E-state index in [2.05, 4.69) is 13.8 Å². The van der Waals surface area contributed by atoms with Crippen molar-refractivity contribution in [3.05, 3.63) is 0 Å². The van der Waals surface area contributed by atoms with Crippen molar-refractivity contribution in [1.82, 2.24) is 0 Å². The van der Waals surface area contributed by atoms with Crippen LogP contribution in [0.5, 0.6) is 0 Å². The minimum atomic E-state index is 0. The lowest BCUT2D eigenvalue weighted by Gasteiger charge is -2.34. The van der Waals surface area contributed by atoms with Crippen LogP contribution in [-0.2, 0) is 0 Å². The van der Waals surface area contributed by atoms with Crippen LogP contribution in [0.2, 0.25) is 0 Å². The molecule has 1 aliphatic rings. The van der Waals surface area contributed by atoms with E-state index >= 15 is 0 Å². The van der Waals surface area contributed by atoms with E-state index in [-0.39, 0.29) is 12.4 Å². The number of hydrogen-bond acceptors (Lipinski definition) is 1.